The number of rotatable bonds is 2. The second kappa shape index (κ2) is 5.07. The van der Waals surface area contributed by atoms with Crippen LogP contribution in [0.15, 0.2) is 18.2 Å². The summed E-state index contributed by atoms with van der Waals surface area (Å²) < 4.78 is 4.96. The van der Waals surface area contributed by atoms with Crippen LogP contribution in [0.5, 0.6) is 0 Å². The third kappa shape index (κ3) is 4.02. The molecule has 92 valence electrons. The van der Waals surface area contributed by atoms with Crippen LogP contribution in [0.2, 0.25) is 10.0 Å². The van der Waals surface area contributed by atoms with Crippen molar-refractivity contribution >= 4 is 35.0 Å². The Morgan fingerprint density at radius 1 is 1.12 bits per heavy atom. The Bertz CT molecular complexity index is 461. The van der Waals surface area contributed by atoms with Crippen molar-refractivity contribution in [3.8, 4) is 0 Å². The summed E-state index contributed by atoms with van der Waals surface area (Å²) in [5.41, 5.74) is -0.545. The molecule has 0 saturated carbocycles. The van der Waals surface area contributed by atoms with Crippen molar-refractivity contribution in [2.45, 2.75) is 26.4 Å². The Hall–Kier alpha value is -1.06. The van der Waals surface area contributed by atoms with E-state index in [1.807, 2.05) is 0 Å². The predicted molar refractivity (Wildman–Crippen MR) is 66.6 cm³/mol. The first-order chi connectivity index (χ1) is 7.70. The number of ketones is 1. The molecule has 0 unspecified atom stereocenters. The van der Waals surface area contributed by atoms with Crippen molar-refractivity contribution in [2.24, 2.45) is 0 Å². The quantitative estimate of drug-likeness (QED) is 0.471. The Balaban J connectivity index is 2.90. The molecule has 0 aliphatic carbocycles. The lowest BCUT2D eigenvalue weighted by atomic mass is 10.1. The summed E-state index contributed by atoms with van der Waals surface area (Å²) in [5, 5.41) is 0.550. The first-order valence-corrected chi connectivity index (χ1v) is 5.69. The average Bonchev–Trinajstić information content (AvgIpc) is 2.18. The molecular formula is C12H12Cl2O3. The van der Waals surface area contributed by atoms with Crippen LogP contribution < -0.4 is 0 Å². The molecule has 0 radical (unpaired) electrons. The van der Waals surface area contributed by atoms with Gasteiger partial charge >= 0.3 is 5.97 Å². The largest absolute Gasteiger partial charge is 0.454 e. The third-order valence-electron chi connectivity index (χ3n) is 1.77. The van der Waals surface area contributed by atoms with E-state index in [0.717, 1.165) is 0 Å². The van der Waals surface area contributed by atoms with Crippen LogP contribution in [0.1, 0.15) is 31.1 Å². The Kier molecular flexibility index (Phi) is 4.17. The normalized spacial score (nSPS) is 11.1. The minimum Gasteiger partial charge on any atom is -0.454 e. The number of esters is 1. The Labute approximate surface area is 110 Å². The van der Waals surface area contributed by atoms with Crippen LogP contribution in [0.25, 0.3) is 0 Å². The average molecular weight is 275 g/mol. The number of hydrogen-bond acceptors (Lipinski definition) is 3. The number of ether oxygens (including phenoxy) is 1. The van der Waals surface area contributed by atoms with Crippen molar-refractivity contribution in [3.63, 3.8) is 0 Å². The molecule has 0 heterocycles. The second-order valence-electron chi connectivity index (χ2n) is 4.46. The maximum Gasteiger partial charge on any atom is 0.380 e. The molecule has 0 aromatic heterocycles. The molecule has 0 saturated heterocycles. The van der Waals surface area contributed by atoms with Gasteiger partial charge in [-0.2, -0.15) is 0 Å². The van der Waals surface area contributed by atoms with Crippen LogP contribution in [0, 0.1) is 0 Å². The second-order valence-corrected chi connectivity index (χ2v) is 5.27. The number of carbonyl (C=O) groups excluding carboxylic acids is 2. The zero-order valence-corrected chi connectivity index (χ0v) is 11.2. The minimum atomic E-state index is -0.907. The number of carbonyl (C=O) groups is 2. The van der Waals surface area contributed by atoms with Crippen LogP contribution in [0.3, 0.4) is 0 Å². The van der Waals surface area contributed by atoms with Gasteiger partial charge in [0.15, 0.2) is 0 Å². The molecule has 17 heavy (non-hydrogen) atoms. The molecule has 0 spiro atoms. The van der Waals surface area contributed by atoms with Crippen molar-refractivity contribution in [1.29, 1.82) is 0 Å². The maximum atomic E-state index is 11.7. The summed E-state index contributed by atoms with van der Waals surface area (Å²) in [5.74, 6) is -1.64. The van der Waals surface area contributed by atoms with Crippen molar-refractivity contribution < 1.29 is 14.3 Å². The fourth-order valence-corrected chi connectivity index (χ4v) is 1.38. The van der Waals surface area contributed by atoms with Gasteiger partial charge in [0.2, 0.25) is 0 Å². The maximum absolute atomic E-state index is 11.7. The van der Waals surface area contributed by atoms with E-state index in [0.29, 0.717) is 5.02 Å². The molecule has 1 aromatic carbocycles. The fourth-order valence-electron chi connectivity index (χ4n) is 1.08. The summed E-state index contributed by atoms with van der Waals surface area (Å²) in [6.07, 6.45) is 0. The number of Topliss-reactive ketones (excluding diaryl/α,β-unsaturated/α-hetero) is 1. The SMILES string of the molecule is CC(C)(C)OC(=O)C(=O)c1ccc(Cl)c(Cl)c1. The van der Waals surface area contributed by atoms with E-state index in [-0.39, 0.29) is 10.6 Å². The number of benzene rings is 1. The lowest BCUT2D eigenvalue weighted by Crippen LogP contribution is -2.28. The van der Waals surface area contributed by atoms with Gasteiger partial charge in [-0.05, 0) is 39.0 Å². The van der Waals surface area contributed by atoms with Gasteiger partial charge < -0.3 is 4.74 Å². The van der Waals surface area contributed by atoms with Gasteiger partial charge in [-0.15, -0.1) is 0 Å². The first kappa shape index (κ1) is 14.0. The molecular weight excluding hydrogens is 263 g/mol. The highest BCUT2D eigenvalue weighted by Gasteiger charge is 2.24. The van der Waals surface area contributed by atoms with Crippen LogP contribution >= 0.6 is 23.2 Å². The van der Waals surface area contributed by atoms with E-state index < -0.39 is 17.4 Å². The summed E-state index contributed by atoms with van der Waals surface area (Å²) >= 11 is 11.5. The van der Waals surface area contributed by atoms with Gasteiger partial charge in [-0.25, -0.2) is 4.79 Å². The summed E-state index contributed by atoms with van der Waals surface area (Å²) in [4.78, 5) is 23.2. The topological polar surface area (TPSA) is 43.4 Å². The number of hydrogen-bond donors (Lipinski definition) is 0. The van der Waals surface area contributed by atoms with Crippen molar-refractivity contribution in [2.75, 3.05) is 0 Å². The standard InChI is InChI=1S/C12H12Cl2O3/c1-12(2,3)17-11(16)10(15)7-4-5-8(13)9(14)6-7/h4-6H,1-3H3. The van der Waals surface area contributed by atoms with Gasteiger partial charge in [-0.3, -0.25) is 4.79 Å². The fraction of sp³-hybridized carbons (Fsp3) is 0.333. The molecule has 5 heteroatoms. The smallest absolute Gasteiger partial charge is 0.380 e. The van der Waals surface area contributed by atoms with Gasteiger partial charge in [0.05, 0.1) is 10.0 Å². The van der Waals surface area contributed by atoms with Crippen molar-refractivity contribution in [3.05, 3.63) is 33.8 Å². The highest BCUT2D eigenvalue weighted by molar-refractivity contribution is 6.44. The minimum absolute atomic E-state index is 0.161. The molecule has 1 rings (SSSR count). The van der Waals surface area contributed by atoms with Crippen LogP contribution in [0.4, 0.5) is 0 Å². The van der Waals surface area contributed by atoms with Gasteiger partial charge in [0.1, 0.15) is 5.60 Å². The van der Waals surface area contributed by atoms with E-state index >= 15 is 0 Å². The molecule has 0 aliphatic heterocycles. The molecule has 0 N–H and O–H groups in total. The highest BCUT2D eigenvalue weighted by Crippen LogP contribution is 2.23. The first-order valence-electron chi connectivity index (χ1n) is 4.93. The van der Waals surface area contributed by atoms with Crippen LogP contribution in [-0.4, -0.2) is 17.4 Å². The molecule has 0 bridgehead atoms. The monoisotopic (exact) mass is 274 g/mol. The lowest BCUT2D eigenvalue weighted by molar-refractivity contribution is -0.148. The highest BCUT2D eigenvalue weighted by atomic mass is 35.5. The van der Waals surface area contributed by atoms with Crippen LogP contribution in [-0.2, 0) is 9.53 Å². The number of halogens is 2. The van der Waals surface area contributed by atoms with Crippen molar-refractivity contribution in [1.82, 2.24) is 0 Å². The molecule has 0 fully saturated rings. The Morgan fingerprint density at radius 3 is 2.18 bits per heavy atom. The van der Waals surface area contributed by atoms with E-state index in [2.05, 4.69) is 0 Å². The molecule has 1 aromatic rings. The van der Waals surface area contributed by atoms with Gasteiger partial charge in [0, 0.05) is 5.56 Å². The van der Waals surface area contributed by atoms with E-state index in [4.69, 9.17) is 27.9 Å². The van der Waals surface area contributed by atoms with Gasteiger partial charge in [-0.1, -0.05) is 23.2 Å². The van der Waals surface area contributed by atoms with E-state index in [1.165, 1.54) is 18.2 Å². The molecule has 0 atom stereocenters. The van der Waals surface area contributed by atoms with E-state index in [9.17, 15) is 9.59 Å². The Morgan fingerprint density at radius 2 is 1.71 bits per heavy atom. The van der Waals surface area contributed by atoms with E-state index in [1.54, 1.807) is 20.8 Å². The zero-order valence-electron chi connectivity index (χ0n) is 9.71. The summed E-state index contributed by atoms with van der Waals surface area (Å²) in [6, 6.07) is 4.23. The third-order valence-corrected chi connectivity index (χ3v) is 2.51. The molecule has 0 amide bonds. The zero-order chi connectivity index (χ0) is 13.2. The molecule has 0 aliphatic rings. The molecule has 3 nitrogen and oxygen atoms in total. The lowest BCUT2D eigenvalue weighted by Gasteiger charge is -2.18. The summed E-state index contributed by atoms with van der Waals surface area (Å²) in [6.45, 7) is 5.06. The summed E-state index contributed by atoms with van der Waals surface area (Å²) in [7, 11) is 0. The van der Waals surface area contributed by atoms with Gasteiger partial charge in [0.25, 0.3) is 5.78 Å². The predicted octanol–water partition coefficient (Wildman–Crippen LogP) is 3.52.